The van der Waals surface area contributed by atoms with Crippen LogP contribution in [0.1, 0.15) is 12.7 Å². The van der Waals surface area contributed by atoms with E-state index in [-0.39, 0.29) is 12.5 Å². The normalized spacial score (nSPS) is 11.9. The summed E-state index contributed by atoms with van der Waals surface area (Å²) in [5.41, 5.74) is 0.771. The molecule has 3 aromatic carbocycles. The third-order valence-electron chi connectivity index (χ3n) is 4.60. The number of nitrogens with one attached hydrogen (secondary N) is 1. The Morgan fingerprint density at radius 2 is 1.94 bits per heavy atom. The van der Waals surface area contributed by atoms with Gasteiger partial charge in [-0.3, -0.25) is 4.79 Å². The topological polar surface area (TPSA) is 95.1 Å². The highest BCUT2D eigenvalue weighted by atomic mass is 79.9. The average Bonchev–Trinajstić information content (AvgIpc) is 3.11. The summed E-state index contributed by atoms with van der Waals surface area (Å²) in [6, 6.07) is 21.2. The van der Waals surface area contributed by atoms with Crippen molar-refractivity contribution in [2.24, 2.45) is 0 Å². The number of amides is 1. The standard InChI is InChI=1S/C22H20BrN5O2S/c1-14(21(29)25-19-11-4-7-15-6-2-3-10-18(15)19)31-22-27-26-20(28(22)24)13-30-17-9-5-8-16(23)12-17/h2-12,14H,13,24H2,1H3,(H,25,29). The lowest BCUT2D eigenvalue weighted by Crippen LogP contribution is -2.24. The van der Waals surface area contributed by atoms with Gasteiger partial charge in [0, 0.05) is 15.5 Å². The monoisotopic (exact) mass is 497 g/mol. The van der Waals surface area contributed by atoms with E-state index in [0.29, 0.717) is 16.7 Å². The van der Waals surface area contributed by atoms with Crippen molar-refractivity contribution >= 4 is 50.1 Å². The number of fused-ring (bicyclic) bond motifs is 1. The number of nitrogen functional groups attached to an aromatic ring is 1. The number of ether oxygens (including phenoxy) is 1. The number of benzene rings is 3. The minimum absolute atomic E-state index is 0.142. The second-order valence-corrected chi connectivity index (χ2v) is 9.01. The summed E-state index contributed by atoms with van der Waals surface area (Å²) in [7, 11) is 0. The molecule has 0 aliphatic rings. The minimum atomic E-state index is -0.427. The molecule has 1 unspecified atom stereocenters. The molecule has 1 aromatic heterocycles. The van der Waals surface area contributed by atoms with Gasteiger partial charge in [-0.15, -0.1) is 10.2 Å². The summed E-state index contributed by atoms with van der Waals surface area (Å²) in [5, 5.41) is 13.3. The average molecular weight is 498 g/mol. The van der Waals surface area contributed by atoms with Gasteiger partial charge in [-0.05, 0) is 36.6 Å². The molecule has 0 fully saturated rings. The molecule has 1 heterocycles. The first-order valence-corrected chi connectivity index (χ1v) is 11.2. The van der Waals surface area contributed by atoms with Crippen molar-refractivity contribution < 1.29 is 9.53 Å². The molecule has 9 heteroatoms. The predicted molar refractivity (Wildman–Crippen MR) is 127 cm³/mol. The van der Waals surface area contributed by atoms with Gasteiger partial charge in [0.1, 0.15) is 12.4 Å². The number of nitrogens with two attached hydrogens (primary N) is 1. The van der Waals surface area contributed by atoms with Gasteiger partial charge < -0.3 is 15.9 Å². The fourth-order valence-electron chi connectivity index (χ4n) is 2.97. The minimum Gasteiger partial charge on any atom is -0.485 e. The van der Waals surface area contributed by atoms with Gasteiger partial charge in [0.15, 0.2) is 5.82 Å². The maximum Gasteiger partial charge on any atom is 0.237 e. The van der Waals surface area contributed by atoms with E-state index in [0.717, 1.165) is 20.9 Å². The SMILES string of the molecule is CC(Sc1nnc(COc2cccc(Br)c2)n1N)C(=O)Nc1cccc2ccccc12. The molecule has 3 N–H and O–H groups in total. The Morgan fingerprint density at radius 1 is 1.16 bits per heavy atom. The van der Waals surface area contributed by atoms with Gasteiger partial charge >= 0.3 is 0 Å². The highest BCUT2D eigenvalue weighted by Crippen LogP contribution is 2.26. The van der Waals surface area contributed by atoms with E-state index in [4.69, 9.17) is 10.6 Å². The van der Waals surface area contributed by atoms with Crippen molar-refractivity contribution in [3.63, 3.8) is 0 Å². The van der Waals surface area contributed by atoms with Crippen LogP contribution in [0.25, 0.3) is 10.8 Å². The van der Waals surface area contributed by atoms with Crippen LogP contribution >= 0.6 is 27.7 Å². The lowest BCUT2D eigenvalue weighted by molar-refractivity contribution is -0.115. The van der Waals surface area contributed by atoms with Crippen LogP contribution in [0, 0.1) is 0 Å². The van der Waals surface area contributed by atoms with Crippen molar-refractivity contribution in [3.05, 3.63) is 77.0 Å². The second kappa shape index (κ2) is 9.40. The Labute approximate surface area is 192 Å². The van der Waals surface area contributed by atoms with E-state index in [9.17, 15) is 4.79 Å². The Kier molecular flexibility index (Phi) is 6.43. The molecule has 0 aliphatic carbocycles. The molecule has 0 radical (unpaired) electrons. The molecule has 0 aliphatic heterocycles. The number of aromatic nitrogens is 3. The van der Waals surface area contributed by atoms with Gasteiger partial charge in [0.2, 0.25) is 11.1 Å². The molecule has 158 valence electrons. The second-order valence-electron chi connectivity index (χ2n) is 6.79. The van der Waals surface area contributed by atoms with Gasteiger partial charge in [0.25, 0.3) is 0 Å². The Hall–Kier alpha value is -3.04. The van der Waals surface area contributed by atoms with Crippen LogP contribution in [0.4, 0.5) is 5.69 Å². The number of hydrogen-bond acceptors (Lipinski definition) is 6. The zero-order valence-electron chi connectivity index (χ0n) is 16.7. The third-order valence-corrected chi connectivity index (χ3v) is 6.15. The summed E-state index contributed by atoms with van der Waals surface area (Å²) < 4.78 is 7.99. The molecule has 1 atom stereocenters. The number of nitrogens with zero attached hydrogens (tertiary/aromatic N) is 3. The van der Waals surface area contributed by atoms with E-state index in [1.807, 2.05) is 66.7 Å². The van der Waals surface area contributed by atoms with Crippen molar-refractivity contribution in [1.29, 1.82) is 0 Å². The van der Waals surface area contributed by atoms with Crippen LogP contribution in [0.5, 0.6) is 5.75 Å². The summed E-state index contributed by atoms with van der Waals surface area (Å²) in [4.78, 5) is 12.8. The van der Waals surface area contributed by atoms with Gasteiger partial charge in [0.05, 0.1) is 5.25 Å². The van der Waals surface area contributed by atoms with Crippen LogP contribution in [0.3, 0.4) is 0 Å². The third kappa shape index (κ3) is 5.00. The van der Waals surface area contributed by atoms with Gasteiger partial charge in [-0.1, -0.05) is 70.2 Å². The molecule has 0 bridgehead atoms. The molecule has 31 heavy (non-hydrogen) atoms. The number of rotatable bonds is 7. The first-order valence-electron chi connectivity index (χ1n) is 9.54. The molecule has 4 rings (SSSR count). The van der Waals surface area contributed by atoms with Crippen LogP contribution in [-0.4, -0.2) is 26.0 Å². The van der Waals surface area contributed by atoms with Crippen LogP contribution in [0.2, 0.25) is 0 Å². The van der Waals surface area contributed by atoms with Gasteiger partial charge in [-0.2, -0.15) is 0 Å². The molecule has 7 nitrogen and oxygen atoms in total. The lowest BCUT2D eigenvalue weighted by Gasteiger charge is -2.13. The number of carbonyl (C=O) groups is 1. The summed E-state index contributed by atoms with van der Waals surface area (Å²) in [6.07, 6.45) is 0. The van der Waals surface area contributed by atoms with Crippen LogP contribution in [0.15, 0.2) is 76.4 Å². The van der Waals surface area contributed by atoms with E-state index < -0.39 is 5.25 Å². The molecule has 1 amide bonds. The maximum atomic E-state index is 12.8. The number of anilines is 1. The summed E-state index contributed by atoms with van der Waals surface area (Å²) >= 11 is 4.64. The fourth-order valence-corrected chi connectivity index (χ4v) is 4.14. The van der Waals surface area contributed by atoms with Gasteiger partial charge in [-0.25, -0.2) is 4.68 Å². The number of carbonyl (C=O) groups excluding carboxylic acids is 1. The Bertz CT molecular complexity index is 1220. The molecular weight excluding hydrogens is 478 g/mol. The summed E-state index contributed by atoms with van der Waals surface area (Å²) in [5.74, 6) is 7.13. The first kappa shape index (κ1) is 21.2. The highest BCUT2D eigenvalue weighted by Gasteiger charge is 2.20. The smallest absolute Gasteiger partial charge is 0.237 e. The number of hydrogen-bond donors (Lipinski definition) is 2. The van der Waals surface area contributed by atoms with E-state index in [2.05, 4.69) is 31.4 Å². The lowest BCUT2D eigenvalue weighted by atomic mass is 10.1. The Morgan fingerprint density at radius 3 is 2.77 bits per heavy atom. The fraction of sp³-hybridized carbons (Fsp3) is 0.136. The molecule has 0 saturated carbocycles. The number of thioether (sulfide) groups is 1. The van der Waals surface area contributed by atoms with E-state index >= 15 is 0 Å². The molecule has 0 spiro atoms. The Balaban J connectivity index is 1.40. The van der Waals surface area contributed by atoms with Crippen molar-refractivity contribution in [1.82, 2.24) is 14.9 Å². The predicted octanol–water partition coefficient (Wildman–Crippen LogP) is 4.61. The maximum absolute atomic E-state index is 12.8. The van der Waals surface area contributed by atoms with Crippen LogP contribution < -0.4 is 15.9 Å². The molecule has 4 aromatic rings. The zero-order chi connectivity index (χ0) is 21.8. The first-order chi connectivity index (χ1) is 15.0. The highest BCUT2D eigenvalue weighted by molar-refractivity contribution is 9.10. The zero-order valence-corrected chi connectivity index (χ0v) is 19.1. The van der Waals surface area contributed by atoms with E-state index in [1.165, 1.54) is 16.4 Å². The molecule has 0 saturated heterocycles. The van der Waals surface area contributed by atoms with E-state index in [1.54, 1.807) is 6.92 Å². The van der Waals surface area contributed by atoms with Crippen LogP contribution in [-0.2, 0) is 11.4 Å². The van der Waals surface area contributed by atoms with Crippen molar-refractivity contribution in [2.75, 3.05) is 11.2 Å². The molecular formula is C22H20BrN5O2S. The number of halogens is 1. The largest absolute Gasteiger partial charge is 0.485 e. The summed E-state index contributed by atoms with van der Waals surface area (Å²) in [6.45, 7) is 1.97. The van der Waals surface area contributed by atoms with Crippen molar-refractivity contribution in [3.8, 4) is 5.75 Å². The quantitative estimate of drug-likeness (QED) is 0.286. The van der Waals surface area contributed by atoms with Crippen molar-refractivity contribution in [2.45, 2.75) is 23.9 Å².